The number of nitrogens with zero attached hydrogens (tertiary/aromatic N) is 1. The Kier molecular flexibility index (Phi) is 8.63. The summed E-state index contributed by atoms with van der Waals surface area (Å²) in [6.07, 6.45) is 3.24. The molecule has 0 saturated carbocycles. The maximum absolute atomic E-state index is 12.2. The summed E-state index contributed by atoms with van der Waals surface area (Å²) >= 11 is 11.8. The van der Waals surface area contributed by atoms with Crippen LogP contribution in [0.15, 0.2) is 23.1 Å². The van der Waals surface area contributed by atoms with Crippen molar-refractivity contribution in [1.29, 1.82) is 0 Å². The molecule has 0 unspecified atom stereocenters. The highest BCUT2D eigenvalue weighted by Crippen LogP contribution is 2.28. The van der Waals surface area contributed by atoms with Gasteiger partial charge < -0.3 is 4.90 Å². The van der Waals surface area contributed by atoms with Gasteiger partial charge in [0.05, 0.1) is 10.0 Å². The third-order valence-electron chi connectivity index (χ3n) is 4.03. The van der Waals surface area contributed by atoms with Crippen molar-refractivity contribution in [3.05, 3.63) is 28.2 Å². The molecule has 1 aromatic carbocycles. The van der Waals surface area contributed by atoms with Gasteiger partial charge in [-0.15, -0.1) is 12.4 Å². The second-order valence-corrected chi connectivity index (χ2v) is 8.35. The van der Waals surface area contributed by atoms with Crippen LogP contribution in [0.5, 0.6) is 0 Å². The number of sulfonamides is 1. The van der Waals surface area contributed by atoms with E-state index in [1.165, 1.54) is 18.9 Å². The minimum absolute atomic E-state index is 0. The normalized spacial score (nSPS) is 17.0. The summed E-state index contributed by atoms with van der Waals surface area (Å²) in [7, 11) is -3.61. The summed E-state index contributed by atoms with van der Waals surface area (Å²) in [5.41, 5.74) is 0. The fourth-order valence-corrected chi connectivity index (χ4v) is 4.40. The Labute approximate surface area is 155 Å². The Balaban J connectivity index is 0.00000264. The highest BCUT2D eigenvalue weighted by atomic mass is 35.5. The number of nitrogens with one attached hydrogen (secondary N) is 1. The van der Waals surface area contributed by atoms with Crippen molar-refractivity contribution >= 4 is 45.6 Å². The van der Waals surface area contributed by atoms with Gasteiger partial charge in [0.1, 0.15) is 4.90 Å². The van der Waals surface area contributed by atoms with Crippen LogP contribution in [-0.2, 0) is 10.0 Å². The largest absolute Gasteiger partial charge is 0.303 e. The molecule has 0 aliphatic carbocycles. The van der Waals surface area contributed by atoms with Crippen molar-refractivity contribution in [2.45, 2.75) is 31.1 Å². The van der Waals surface area contributed by atoms with Gasteiger partial charge in [-0.3, -0.25) is 0 Å². The van der Waals surface area contributed by atoms with Crippen LogP contribution in [0.25, 0.3) is 0 Å². The van der Waals surface area contributed by atoms with Gasteiger partial charge in [0.2, 0.25) is 10.0 Å². The van der Waals surface area contributed by atoms with E-state index in [1.807, 2.05) is 0 Å². The van der Waals surface area contributed by atoms with Gasteiger partial charge in [-0.25, -0.2) is 13.1 Å². The number of likely N-dealkylation sites (tertiary alicyclic amines) is 1. The van der Waals surface area contributed by atoms with E-state index < -0.39 is 10.0 Å². The van der Waals surface area contributed by atoms with E-state index in [0.29, 0.717) is 6.54 Å². The molecule has 0 amide bonds. The predicted molar refractivity (Wildman–Crippen MR) is 98.4 cm³/mol. The average molecular weight is 402 g/mol. The smallest absolute Gasteiger partial charge is 0.242 e. The first kappa shape index (κ1) is 21.0. The van der Waals surface area contributed by atoms with Crippen LogP contribution in [0, 0.1) is 5.92 Å². The zero-order valence-corrected chi connectivity index (χ0v) is 16.2. The van der Waals surface area contributed by atoms with Crippen LogP contribution in [-0.4, -0.2) is 39.5 Å². The minimum atomic E-state index is -3.61. The second-order valence-electron chi connectivity index (χ2n) is 5.83. The summed E-state index contributed by atoms with van der Waals surface area (Å²) in [4.78, 5) is 2.43. The molecule has 4 nitrogen and oxygen atoms in total. The summed E-state index contributed by atoms with van der Waals surface area (Å²) in [5, 5.41) is 0.314. The number of hydrogen-bond donors (Lipinski definition) is 1. The molecule has 2 rings (SSSR count). The van der Waals surface area contributed by atoms with Gasteiger partial charge in [0, 0.05) is 6.54 Å². The molecule has 0 radical (unpaired) electrons. The maximum Gasteiger partial charge on any atom is 0.242 e. The SMILES string of the molecule is CC1CCN(CCCNS(=O)(=O)c2cccc(Cl)c2Cl)CC1.Cl. The fraction of sp³-hybridized carbons (Fsp3) is 0.600. The molecule has 0 spiro atoms. The van der Waals surface area contributed by atoms with E-state index in [-0.39, 0.29) is 27.3 Å². The van der Waals surface area contributed by atoms with Crippen molar-refractivity contribution in [1.82, 2.24) is 9.62 Å². The lowest BCUT2D eigenvalue weighted by atomic mass is 9.99. The van der Waals surface area contributed by atoms with E-state index in [4.69, 9.17) is 23.2 Å². The molecule has 1 aromatic rings. The summed E-state index contributed by atoms with van der Waals surface area (Å²) < 4.78 is 27.1. The van der Waals surface area contributed by atoms with Crippen LogP contribution in [0.3, 0.4) is 0 Å². The molecule has 1 aliphatic heterocycles. The first-order chi connectivity index (χ1) is 10.4. The van der Waals surface area contributed by atoms with Gasteiger partial charge in [0.15, 0.2) is 0 Å². The Morgan fingerprint density at radius 1 is 1.26 bits per heavy atom. The molecular formula is C15H23Cl3N2O2S. The molecule has 23 heavy (non-hydrogen) atoms. The van der Waals surface area contributed by atoms with Crippen LogP contribution in [0.4, 0.5) is 0 Å². The number of halogens is 3. The first-order valence-corrected chi connectivity index (χ1v) is 9.80. The van der Waals surface area contributed by atoms with Crippen molar-refractivity contribution in [3.8, 4) is 0 Å². The quantitative estimate of drug-likeness (QED) is 0.737. The first-order valence-electron chi connectivity index (χ1n) is 7.56. The van der Waals surface area contributed by atoms with E-state index in [0.717, 1.165) is 32.0 Å². The molecule has 1 heterocycles. The maximum atomic E-state index is 12.2. The molecular weight excluding hydrogens is 379 g/mol. The number of piperidine rings is 1. The highest BCUT2D eigenvalue weighted by Gasteiger charge is 2.19. The number of rotatable bonds is 6. The van der Waals surface area contributed by atoms with E-state index in [1.54, 1.807) is 12.1 Å². The lowest BCUT2D eigenvalue weighted by molar-refractivity contribution is 0.191. The lowest BCUT2D eigenvalue weighted by Crippen LogP contribution is -2.35. The number of hydrogen-bond acceptors (Lipinski definition) is 3. The van der Waals surface area contributed by atoms with E-state index in [9.17, 15) is 8.42 Å². The third-order valence-corrected chi connectivity index (χ3v) is 6.46. The third kappa shape index (κ3) is 6.07. The van der Waals surface area contributed by atoms with E-state index in [2.05, 4.69) is 16.5 Å². The van der Waals surface area contributed by atoms with Crippen LogP contribution in [0.1, 0.15) is 26.2 Å². The van der Waals surface area contributed by atoms with Crippen molar-refractivity contribution in [3.63, 3.8) is 0 Å². The molecule has 1 fully saturated rings. The van der Waals surface area contributed by atoms with Crippen LogP contribution in [0.2, 0.25) is 10.0 Å². The predicted octanol–water partition coefficient (Wildman–Crippen LogP) is 3.82. The molecule has 8 heteroatoms. The lowest BCUT2D eigenvalue weighted by Gasteiger charge is -2.30. The standard InChI is InChI=1S/C15H22Cl2N2O2S.ClH/c1-12-6-10-19(11-7-12)9-3-8-18-22(20,21)14-5-2-4-13(16)15(14)17;/h2,4-5,12,18H,3,6-11H2,1H3;1H. The summed E-state index contributed by atoms with van der Waals surface area (Å²) in [6, 6.07) is 4.61. The Morgan fingerprint density at radius 3 is 2.57 bits per heavy atom. The van der Waals surface area contributed by atoms with Gasteiger partial charge in [-0.2, -0.15) is 0 Å². The second kappa shape index (κ2) is 9.44. The molecule has 1 aliphatic rings. The van der Waals surface area contributed by atoms with Crippen LogP contribution >= 0.6 is 35.6 Å². The summed E-state index contributed by atoms with van der Waals surface area (Å²) in [6.45, 7) is 5.80. The molecule has 0 aromatic heterocycles. The monoisotopic (exact) mass is 400 g/mol. The summed E-state index contributed by atoms with van der Waals surface area (Å²) in [5.74, 6) is 0.805. The van der Waals surface area contributed by atoms with Crippen LogP contribution < -0.4 is 4.72 Å². The van der Waals surface area contributed by atoms with Gasteiger partial charge in [-0.1, -0.05) is 36.2 Å². The van der Waals surface area contributed by atoms with Gasteiger partial charge in [0.25, 0.3) is 0 Å². The molecule has 0 atom stereocenters. The minimum Gasteiger partial charge on any atom is -0.303 e. The van der Waals surface area contributed by atoms with E-state index >= 15 is 0 Å². The van der Waals surface area contributed by atoms with Gasteiger partial charge >= 0.3 is 0 Å². The highest BCUT2D eigenvalue weighted by molar-refractivity contribution is 7.89. The molecule has 0 bridgehead atoms. The molecule has 132 valence electrons. The molecule has 1 N–H and O–H groups in total. The Morgan fingerprint density at radius 2 is 1.91 bits per heavy atom. The Bertz CT molecular complexity index is 603. The van der Waals surface area contributed by atoms with Crippen molar-refractivity contribution < 1.29 is 8.42 Å². The van der Waals surface area contributed by atoms with Crippen molar-refractivity contribution in [2.75, 3.05) is 26.2 Å². The Hall–Kier alpha value is -0.0400. The average Bonchev–Trinajstić information content (AvgIpc) is 2.48. The molecule has 1 saturated heterocycles. The number of benzene rings is 1. The zero-order valence-electron chi connectivity index (χ0n) is 13.1. The fourth-order valence-electron chi connectivity index (χ4n) is 2.56. The van der Waals surface area contributed by atoms with Gasteiger partial charge in [-0.05, 0) is 56.9 Å². The van der Waals surface area contributed by atoms with Crippen molar-refractivity contribution in [2.24, 2.45) is 5.92 Å². The zero-order chi connectivity index (χ0) is 16.2. The topological polar surface area (TPSA) is 49.4 Å².